The summed E-state index contributed by atoms with van der Waals surface area (Å²) in [5, 5.41) is 3.47. The highest BCUT2D eigenvalue weighted by atomic mass is 14.9. The summed E-state index contributed by atoms with van der Waals surface area (Å²) in [6.07, 6.45) is 3.04. The van der Waals surface area contributed by atoms with E-state index in [0.717, 1.165) is 11.6 Å². The zero-order valence-electron chi connectivity index (χ0n) is 9.54. The van der Waals surface area contributed by atoms with Gasteiger partial charge in [0.15, 0.2) is 0 Å². The molecule has 0 saturated carbocycles. The van der Waals surface area contributed by atoms with Crippen molar-refractivity contribution in [2.45, 2.75) is 40.2 Å². The van der Waals surface area contributed by atoms with Gasteiger partial charge in [0.05, 0.1) is 0 Å². The van der Waals surface area contributed by atoms with Gasteiger partial charge in [0.1, 0.15) is 0 Å². The Morgan fingerprint density at radius 1 is 1.36 bits per heavy atom. The summed E-state index contributed by atoms with van der Waals surface area (Å²) in [4.78, 5) is 4.17. The Morgan fingerprint density at radius 3 is 2.64 bits per heavy atom. The molecule has 1 atom stereocenters. The summed E-state index contributed by atoms with van der Waals surface area (Å²) in [6.45, 7) is 8.72. The zero-order valence-corrected chi connectivity index (χ0v) is 9.54. The molecule has 1 rings (SSSR count). The maximum absolute atomic E-state index is 4.17. The Labute approximate surface area is 86.8 Å². The molecular weight excluding hydrogens is 172 g/mol. The molecule has 1 N–H and O–H groups in total. The van der Waals surface area contributed by atoms with Crippen molar-refractivity contribution < 1.29 is 0 Å². The van der Waals surface area contributed by atoms with Gasteiger partial charge in [0, 0.05) is 23.6 Å². The van der Waals surface area contributed by atoms with Gasteiger partial charge in [-0.3, -0.25) is 4.98 Å². The number of nitrogens with one attached hydrogen (secondary N) is 1. The molecule has 0 aromatic carbocycles. The highest BCUT2D eigenvalue weighted by Crippen LogP contribution is 2.12. The molecular formula is C12H20N2. The molecule has 78 valence electrons. The molecule has 0 fully saturated rings. The largest absolute Gasteiger partial charge is 0.382 e. The lowest BCUT2D eigenvalue weighted by Gasteiger charge is -2.17. The fraction of sp³-hybridized carbons (Fsp3) is 0.583. The SMILES string of the molecule is Cc1cc(NC(C)CC(C)C)ccn1. The van der Waals surface area contributed by atoms with Crippen molar-refractivity contribution in [1.29, 1.82) is 0 Å². The first-order valence-corrected chi connectivity index (χ1v) is 5.27. The zero-order chi connectivity index (χ0) is 10.6. The minimum absolute atomic E-state index is 0.525. The normalized spacial score (nSPS) is 12.9. The van der Waals surface area contributed by atoms with Gasteiger partial charge in [0.2, 0.25) is 0 Å². The first kappa shape index (κ1) is 11.0. The fourth-order valence-corrected chi connectivity index (χ4v) is 1.69. The molecule has 2 heteroatoms. The lowest BCUT2D eigenvalue weighted by Crippen LogP contribution is -2.17. The minimum Gasteiger partial charge on any atom is -0.382 e. The monoisotopic (exact) mass is 192 g/mol. The number of rotatable bonds is 4. The Kier molecular flexibility index (Phi) is 3.93. The molecule has 0 spiro atoms. The van der Waals surface area contributed by atoms with E-state index < -0.39 is 0 Å². The highest BCUT2D eigenvalue weighted by Gasteiger charge is 2.04. The third-order valence-electron chi connectivity index (χ3n) is 2.13. The third kappa shape index (κ3) is 3.77. The van der Waals surface area contributed by atoms with Crippen molar-refractivity contribution in [2.24, 2.45) is 5.92 Å². The van der Waals surface area contributed by atoms with Crippen molar-refractivity contribution in [1.82, 2.24) is 4.98 Å². The fourth-order valence-electron chi connectivity index (χ4n) is 1.69. The van der Waals surface area contributed by atoms with E-state index in [1.165, 1.54) is 12.1 Å². The summed E-state index contributed by atoms with van der Waals surface area (Å²) in [6, 6.07) is 4.62. The number of anilines is 1. The third-order valence-corrected chi connectivity index (χ3v) is 2.13. The smallest absolute Gasteiger partial charge is 0.0393 e. The van der Waals surface area contributed by atoms with Crippen molar-refractivity contribution in [3.8, 4) is 0 Å². The number of pyridine rings is 1. The summed E-state index contributed by atoms with van der Waals surface area (Å²) in [7, 11) is 0. The molecule has 1 unspecified atom stereocenters. The van der Waals surface area contributed by atoms with Crippen LogP contribution in [0, 0.1) is 12.8 Å². The van der Waals surface area contributed by atoms with E-state index in [-0.39, 0.29) is 0 Å². The number of hydrogen-bond acceptors (Lipinski definition) is 2. The molecule has 0 radical (unpaired) electrons. The van der Waals surface area contributed by atoms with Gasteiger partial charge in [-0.2, -0.15) is 0 Å². The lowest BCUT2D eigenvalue weighted by molar-refractivity contribution is 0.540. The van der Waals surface area contributed by atoms with Crippen LogP contribution in [0.3, 0.4) is 0 Å². The van der Waals surface area contributed by atoms with Gasteiger partial charge in [-0.1, -0.05) is 13.8 Å². The van der Waals surface area contributed by atoms with E-state index in [1.807, 2.05) is 19.2 Å². The van der Waals surface area contributed by atoms with Crippen LogP contribution in [-0.4, -0.2) is 11.0 Å². The molecule has 1 aromatic heterocycles. The van der Waals surface area contributed by atoms with Gasteiger partial charge < -0.3 is 5.32 Å². The van der Waals surface area contributed by atoms with E-state index in [2.05, 4.69) is 37.1 Å². The van der Waals surface area contributed by atoms with Crippen LogP contribution in [0.1, 0.15) is 32.9 Å². The van der Waals surface area contributed by atoms with Crippen LogP contribution >= 0.6 is 0 Å². The average Bonchev–Trinajstić information content (AvgIpc) is 2.01. The second kappa shape index (κ2) is 4.99. The van der Waals surface area contributed by atoms with Gasteiger partial charge in [0.25, 0.3) is 0 Å². The maximum atomic E-state index is 4.17. The van der Waals surface area contributed by atoms with Crippen LogP contribution in [0.15, 0.2) is 18.3 Å². The van der Waals surface area contributed by atoms with Crippen molar-refractivity contribution in [2.75, 3.05) is 5.32 Å². The molecule has 1 heterocycles. The van der Waals surface area contributed by atoms with Crippen molar-refractivity contribution in [3.63, 3.8) is 0 Å². The second-order valence-corrected chi connectivity index (χ2v) is 4.36. The maximum Gasteiger partial charge on any atom is 0.0393 e. The molecule has 0 bridgehead atoms. The van der Waals surface area contributed by atoms with Crippen LogP contribution in [-0.2, 0) is 0 Å². The second-order valence-electron chi connectivity index (χ2n) is 4.36. The number of hydrogen-bond donors (Lipinski definition) is 1. The van der Waals surface area contributed by atoms with Crippen LogP contribution in [0.25, 0.3) is 0 Å². The van der Waals surface area contributed by atoms with Crippen LogP contribution in [0.2, 0.25) is 0 Å². The predicted octanol–water partition coefficient (Wildman–Crippen LogP) is 3.24. The molecule has 0 amide bonds. The molecule has 0 saturated heterocycles. The van der Waals surface area contributed by atoms with E-state index in [0.29, 0.717) is 6.04 Å². The van der Waals surface area contributed by atoms with Gasteiger partial charge >= 0.3 is 0 Å². The van der Waals surface area contributed by atoms with Gasteiger partial charge in [-0.05, 0) is 38.3 Å². The van der Waals surface area contributed by atoms with Crippen molar-refractivity contribution in [3.05, 3.63) is 24.0 Å². The van der Waals surface area contributed by atoms with Gasteiger partial charge in [-0.25, -0.2) is 0 Å². The van der Waals surface area contributed by atoms with E-state index in [4.69, 9.17) is 0 Å². The quantitative estimate of drug-likeness (QED) is 0.792. The Morgan fingerprint density at radius 2 is 2.07 bits per heavy atom. The number of aromatic nitrogens is 1. The van der Waals surface area contributed by atoms with Crippen molar-refractivity contribution >= 4 is 5.69 Å². The number of aryl methyl sites for hydroxylation is 1. The van der Waals surface area contributed by atoms with Crippen LogP contribution < -0.4 is 5.32 Å². The van der Waals surface area contributed by atoms with Crippen LogP contribution in [0.4, 0.5) is 5.69 Å². The molecule has 2 nitrogen and oxygen atoms in total. The first-order chi connectivity index (χ1) is 6.58. The standard InChI is InChI=1S/C12H20N2/c1-9(2)7-11(4)14-12-5-6-13-10(3)8-12/h5-6,8-9,11H,7H2,1-4H3,(H,13,14). The highest BCUT2D eigenvalue weighted by molar-refractivity contribution is 5.43. The van der Waals surface area contributed by atoms with E-state index >= 15 is 0 Å². The topological polar surface area (TPSA) is 24.9 Å². The summed E-state index contributed by atoms with van der Waals surface area (Å²) in [5.74, 6) is 0.737. The predicted molar refractivity (Wildman–Crippen MR) is 61.5 cm³/mol. The van der Waals surface area contributed by atoms with E-state index in [1.54, 1.807) is 0 Å². The van der Waals surface area contributed by atoms with Gasteiger partial charge in [-0.15, -0.1) is 0 Å². The Hall–Kier alpha value is -1.05. The summed E-state index contributed by atoms with van der Waals surface area (Å²) >= 11 is 0. The Bertz CT molecular complexity index is 281. The summed E-state index contributed by atoms with van der Waals surface area (Å²) < 4.78 is 0. The van der Waals surface area contributed by atoms with E-state index in [9.17, 15) is 0 Å². The molecule has 0 aliphatic carbocycles. The first-order valence-electron chi connectivity index (χ1n) is 5.27. The average molecular weight is 192 g/mol. The molecule has 14 heavy (non-hydrogen) atoms. The Balaban J connectivity index is 2.51. The molecule has 0 aliphatic rings. The number of nitrogens with zero attached hydrogens (tertiary/aromatic N) is 1. The molecule has 0 aliphatic heterocycles. The minimum atomic E-state index is 0.525. The summed E-state index contributed by atoms with van der Waals surface area (Å²) in [5.41, 5.74) is 2.23. The molecule has 1 aromatic rings. The lowest BCUT2D eigenvalue weighted by atomic mass is 10.1. The van der Waals surface area contributed by atoms with Crippen LogP contribution in [0.5, 0.6) is 0 Å².